The number of hydrogen-bond donors (Lipinski definition) is 2. The highest BCUT2D eigenvalue weighted by atomic mass is 32.2. The molecule has 0 saturated carbocycles. The van der Waals surface area contributed by atoms with Gasteiger partial charge in [-0.25, -0.2) is 4.98 Å². The van der Waals surface area contributed by atoms with E-state index in [1.54, 1.807) is 19.1 Å². The van der Waals surface area contributed by atoms with Gasteiger partial charge in [0.15, 0.2) is 0 Å². The fourth-order valence-corrected chi connectivity index (χ4v) is 3.97. The number of nitrogens with zero attached hydrogens (tertiary/aromatic N) is 1. The van der Waals surface area contributed by atoms with Crippen molar-refractivity contribution >= 4 is 37.4 Å². The van der Waals surface area contributed by atoms with Crippen molar-refractivity contribution in [1.29, 1.82) is 0 Å². The minimum Gasteiger partial charge on any atom is -0.399 e. The lowest BCUT2D eigenvalue weighted by atomic mass is 10.2. The van der Waals surface area contributed by atoms with E-state index in [1.165, 1.54) is 17.4 Å². The second kappa shape index (κ2) is 4.80. The SMILES string of the molecule is Cc1cc(S(=O)(=O)O)c2nc(-c3ccc(N)cc3)sc2c1. The summed E-state index contributed by atoms with van der Waals surface area (Å²) in [7, 11) is -4.30. The maximum atomic E-state index is 11.5. The Morgan fingerprint density at radius 3 is 2.48 bits per heavy atom. The number of rotatable bonds is 2. The molecule has 0 bridgehead atoms. The standard InChI is InChI=1S/C14H12N2O3S2/c1-8-6-11-13(12(7-8)21(17,18)19)16-14(20-11)9-2-4-10(15)5-3-9/h2-7H,15H2,1H3,(H,17,18,19). The summed E-state index contributed by atoms with van der Waals surface area (Å²) in [5.74, 6) is 0. The summed E-state index contributed by atoms with van der Waals surface area (Å²) >= 11 is 1.37. The van der Waals surface area contributed by atoms with Gasteiger partial charge in [-0.1, -0.05) is 0 Å². The molecule has 108 valence electrons. The molecule has 0 atom stereocenters. The van der Waals surface area contributed by atoms with Gasteiger partial charge in [-0.05, 0) is 48.9 Å². The maximum Gasteiger partial charge on any atom is 0.296 e. The molecule has 21 heavy (non-hydrogen) atoms. The van der Waals surface area contributed by atoms with E-state index in [9.17, 15) is 13.0 Å². The van der Waals surface area contributed by atoms with Gasteiger partial charge in [-0.3, -0.25) is 4.55 Å². The van der Waals surface area contributed by atoms with Crippen LogP contribution in [0.25, 0.3) is 20.8 Å². The average molecular weight is 320 g/mol. The summed E-state index contributed by atoms with van der Waals surface area (Å²) in [4.78, 5) is 4.20. The van der Waals surface area contributed by atoms with Crippen molar-refractivity contribution in [3.05, 3.63) is 42.0 Å². The molecule has 7 heteroatoms. The van der Waals surface area contributed by atoms with Crippen LogP contribution in [0.15, 0.2) is 41.3 Å². The van der Waals surface area contributed by atoms with Crippen LogP contribution in [0.2, 0.25) is 0 Å². The first-order valence-electron chi connectivity index (χ1n) is 6.09. The Labute approximate surface area is 125 Å². The smallest absolute Gasteiger partial charge is 0.296 e. The van der Waals surface area contributed by atoms with Crippen LogP contribution in [0.3, 0.4) is 0 Å². The predicted octanol–water partition coefficient (Wildman–Crippen LogP) is 3.10. The summed E-state index contributed by atoms with van der Waals surface area (Å²) in [6.07, 6.45) is 0. The zero-order chi connectivity index (χ0) is 15.2. The molecule has 1 aromatic heterocycles. The Kier molecular flexibility index (Phi) is 3.20. The van der Waals surface area contributed by atoms with Crippen LogP contribution in [-0.4, -0.2) is 18.0 Å². The number of aromatic nitrogens is 1. The Hall–Kier alpha value is -1.96. The van der Waals surface area contributed by atoms with Crippen LogP contribution in [0.5, 0.6) is 0 Å². The Morgan fingerprint density at radius 1 is 1.19 bits per heavy atom. The second-order valence-corrected chi connectivity index (χ2v) is 7.15. The summed E-state index contributed by atoms with van der Waals surface area (Å²) in [6, 6.07) is 10.4. The second-order valence-electron chi connectivity index (χ2n) is 4.73. The van der Waals surface area contributed by atoms with Crippen molar-refractivity contribution in [1.82, 2.24) is 4.98 Å². The zero-order valence-electron chi connectivity index (χ0n) is 11.1. The average Bonchev–Trinajstić information content (AvgIpc) is 2.80. The van der Waals surface area contributed by atoms with Crippen LogP contribution >= 0.6 is 11.3 Å². The van der Waals surface area contributed by atoms with Gasteiger partial charge >= 0.3 is 0 Å². The van der Waals surface area contributed by atoms with Crippen molar-refractivity contribution in [2.45, 2.75) is 11.8 Å². The highest BCUT2D eigenvalue weighted by Gasteiger charge is 2.18. The molecule has 0 radical (unpaired) electrons. The van der Waals surface area contributed by atoms with E-state index in [0.29, 0.717) is 16.2 Å². The molecule has 0 spiro atoms. The molecular weight excluding hydrogens is 308 g/mol. The van der Waals surface area contributed by atoms with Crippen molar-refractivity contribution < 1.29 is 13.0 Å². The monoisotopic (exact) mass is 320 g/mol. The van der Waals surface area contributed by atoms with E-state index in [-0.39, 0.29) is 4.90 Å². The van der Waals surface area contributed by atoms with Crippen LogP contribution < -0.4 is 5.73 Å². The minimum atomic E-state index is -4.30. The summed E-state index contributed by atoms with van der Waals surface area (Å²) in [5, 5.41) is 0.681. The lowest BCUT2D eigenvalue weighted by Crippen LogP contribution is -1.99. The maximum absolute atomic E-state index is 11.5. The highest BCUT2D eigenvalue weighted by molar-refractivity contribution is 7.86. The summed E-state index contributed by atoms with van der Waals surface area (Å²) < 4.78 is 33.1. The number of nitrogen functional groups attached to an aromatic ring is 1. The molecule has 0 aliphatic carbocycles. The number of benzene rings is 2. The fourth-order valence-electron chi connectivity index (χ4n) is 2.08. The first-order valence-corrected chi connectivity index (χ1v) is 8.35. The molecule has 3 aromatic rings. The van der Waals surface area contributed by atoms with Crippen LogP contribution in [0.1, 0.15) is 5.56 Å². The van der Waals surface area contributed by atoms with E-state index in [0.717, 1.165) is 15.8 Å². The largest absolute Gasteiger partial charge is 0.399 e. The van der Waals surface area contributed by atoms with Gasteiger partial charge in [-0.15, -0.1) is 11.3 Å². The molecular formula is C14H12N2O3S2. The van der Waals surface area contributed by atoms with Crippen molar-refractivity contribution in [3.8, 4) is 10.6 Å². The topological polar surface area (TPSA) is 93.3 Å². The third-order valence-corrected chi connectivity index (χ3v) is 4.96. The van der Waals surface area contributed by atoms with E-state index in [4.69, 9.17) is 5.73 Å². The van der Waals surface area contributed by atoms with Crippen molar-refractivity contribution in [2.75, 3.05) is 5.73 Å². The lowest BCUT2D eigenvalue weighted by molar-refractivity contribution is 0.484. The van der Waals surface area contributed by atoms with E-state index in [1.807, 2.05) is 18.2 Å². The summed E-state index contributed by atoms with van der Waals surface area (Å²) in [6.45, 7) is 1.77. The van der Waals surface area contributed by atoms with Gasteiger partial charge < -0.3 is 5.73 Å². The van der Waals surface area contributed by atoms with E-state index >= 15 is 0 Å². The number of anilines is 1. The molecule has 0 fully saturated rings. The highest BCUT2D eigenvalue weighted by Crippen LogP contribution is 2.34. The quantitative estimate of drug-likeness (QED) is 0.559. The number of hydrogen-bond acceptors (Lipinski definition) is 5. The Bertz CT molecular complexity index is 929. The van der Waals surface area contributed by atoms with Gasteiger partial charge in [0.1, 0.15) is 15.4 Å². The normalized spacial score (nSPS) is 11.9. The van der Waals surface area contributed by atoms with Crippen LogP contribution in [0, 0.1) is 6.92 Å². The third kappa shape index (κ3) is 2.63. The first-order chi connectivity index (χ1) is 9.84. The van der Waals surface area contributed by atoms with Gasteiger partial charge in [0, 0.05) is 11.3 Å². The molecule has 0 aliphatic rings. The molecule has 1 heterocycles. The Morgan fingerprint density at radius 2 is 1.86 bits per heavy atom. The third-order valence-electron chi connectivity index (χ3n) is 3.04. The number of thiazole rings is 1. The summed E-state index contributed by atoms with van der Waals surface area (Å²) in [5.41, 5.74) is 8.19. The van der Waals surface area contributed by atoms with Gasteiger partial charge in [0.25, 0.3) is 10.1 Å². The van der Waals surface area contributed by atoms with Gasteiger partial charge in [-0.2, -0.15) is 8.42 Å². The van der Waals surface area contributed by atoms with E-state index in [2.05, 4.69) is 4.98 Å². The van der Waals surface area contributed by atoms with Gasteiger partial charge in [0.2, 0.25) is 0 Å². The lowest BCUT2D eigenvalue weighted by Gasteiger charge is -2.00. The molecule has 5 nitrogen and oxygen atoms in total. The molecule has 3 rings (SSSR count). The molecule has 0 unspecified atom stereocenters. The molecule has 0 amide bonds. The minimum absolute atomic E-state index is 0.157. The van der Waals surface area contributed by atoms with Crippen LogP contribution in [0.4, 0.5) is 5.69 Å². The number of aryl methyl sites for hydroxylation is 1. The molecule has 2 aromatic carbocycles. The van der Waals surface area contributed by atoms with Crippen molar-refractivity contribution in [2.24, 2.45) is 0 Å². The van der Waals surface area contributed by atoms with E-state index < -0.39 is 10.1 Å². The predicted molar refractivity (Wildman–Crippen MR) is 84.0 cm³/mol. The van der Waals surface area contributed by atoms with Gasteiger partial charge in [0.05, 0.1) is 4.70 Å². The van der Waals surface area contributed by atoms with Crippen molar-refractivity contribution in [3.63, 3.8) is 0 Å². The Balaban J connectivity index is 2.27. The molecule has 3 N–H and O–H groups in total. The zero-order valence-corrected chi connectivity index (χ0v) is 12.7. The number of fused-ring (bicyclic) bond motifs is 1. The number of nitrogens with two attached hydrogens (primary N) is 1. The fraction of sp³-hybridized carbons (Fsp3) is 0.0714. The molecule has 0 saturated heterocycles. The molecule has 0 aliphatic heterocycles. The first kappa shape index (κ1) is 14.0. The van der Waals surface area contributed by atoms with Crippen LogP contribution in [-0.2, 0) is 10.1 Å².